The normalized spacial score (nSPS) is 10.8. The maximum Gasteiger partial charge on any atom is 0.338 e. The molecule has 3 aromatic carbocycles. The smallest absolute Gasteiger partial charge is 0.338 e. The molecule has 0 atom stereocenters. The summed E-state index contributed by atoms with van der Waals surface area (Å²) in [6, 6.07) is 20.2. The molecule has 36 heavy (non-hydrogen) atoms. The fourth-order valence-corrected chi connectivity index (χ4v) is 4.08. The number of methoxy groups -OCH3 is 1. The number of nitrogens with one attached hydrogen (secondary N) is 1. The molecule has 0 unspecified atom stereocenters. The van der Waals surface area contributed by atoms with Crippen molar-refractivity contribution in [2.75, 3.05) is 19.0 Å². The van der Waals surface area contributed by atoms with Crippen LogP contribution in [0.2, 0.25) is 0 Å². The lowest BCUT2D eigenvalue weighted by Crippen LogP contribution is -2.14. The minimum absolute atomic E-state index is 0.255. The minimum Gasteiger partial charge on any atom is -0.497 e. The number of pyridine rings is 1. The summed E-state index contributed by atoms with van der Waals surface area (Å²) in [7, 11) is 1.62. The van der Waals surface area contributed by atoms with Crippen molar-refractivity contribution in [2.45, 2.75) is 33.6 Å². The van der Waals surface area contributed by atoms with Crippen molar-refractivity contribution >= 4 is 28.5 Å². The number of amides is 1. The molecule has 6 nitrogen and oxygen atoms in total. The molecule has 0 radical (unpaired) electrons. The number of benzene rings is 3. The van der Waals surface area contributed by atoms with Gasteiger partial charge in [-0.15, -0.1) is 0 Å². The lowest BCUT2D eigenvalue weighted by atomic mass is 9.99. The second-order valence-electron chi connectivity index (χ2n) is 8.79. The van der Waals surface area contributed by atoms with E-state index in [0.29, 0.717) is 34.9 Å². The van der Waals surface area contributed by atoms with E-state index in [9.17, 15) is 9.59 Å². The van der Waals surface area contributed by atoms with E-state index in [4.69, 9.17) is 14.5 Å². The summed E-state index contributed by atoms with van der Waals surface area (Å²) >= 11 is 0. The van der Waals surface area contributed by atoms with Gasteiger partial charge in [0.1, 0.15) is 5.75 Å². The highest BCUT2D eigenvalue weighted by molar-refractivity contribution is 6.13. The van der Waals surface area contributed by atoms with E-state index < -0.39 is 0 Å². The highest BCUT2D eigenvalue weighted by Crippen LogP contribution is 2.30. The number of aromatic nitrogens is 1. The quantitative estimate of drug-likeness (QED) is 0.222. The molecule has 0 spiro atoms. The third kappa shape index (κ3) is 5.54. The van der Waals surface area contributed by atoms with Gasteiger partial charge in [0, 0.05) is 16.6 Å². The third-order valence-electron chi connectivity index (χ3n) is 5.97. The standard InChI is InChI=1S/C30H30N2O4/c1-5-6-14-36-30(34)21-10-12-23(13-11-21)31-29(33)26-18-27(22-8-7-9-24(17-22)35-4)32-28-20(3)15-19(2)16-25(26)28/h7-13,15-18H,5-6,14H2,1-4H3,(H,31,33). The van der Waals surface area contributed by atoms with Gasteiger partial charge in [-0.05, 0) is 74.4 Å². The molecular formula is C30H30N2O4. The molecule has 0 aliphatic carbocycles. The Morgan fingerprint density at radius 1 is 0.972 bits per heavy atom. The highest BCUT2D eigenvalue weighted by Gasteiger charge is 2.17. The van der Waals surface area contributed by atoms with Crippen LogP contribution in [0.4, 0.5) is 5.69 Å². The Bertz CT molecular complexity index is 1410. The molecule has 1 heterocycles. The summed E-state index contributed by atoms with van der Waals surface area (Å²) in [6.07, 6.45) is 1.79. The summed E-state index contributed by atoms with van der Waals surface area (Å²) in [5.41, 5.74) is 5.92. The van der Waals surface area contributed by atoms with Crippen LogP contribution in [0.5, 0.6) is 5.75 Å². The van der Waals surface area contributed by atoms with Crippen molar-refractivity contribution in [1.29, 1.82) is 0 Å². The number of hydrogen-bond acceptors (Lipinski definition) is 5. The predicted molar refractivity (Wildman–Crippen MR) is 143 cm³/mol. The Morgan fingerprint density at radius 2 is 1.75 bits per heavy atom. The van der Waals surface area contributed by atoms with Gasteiger partial charge in [0.15, 0.2) is 0 Å². The summed E-state index contributed by atoms with van der Waals surface area (Å²) in [6.45, 7) is 6.44. The van der Waals surface area contributed by atoms with Crippen LogP contribution in [-0.2, 0) is 4.74 Å². The van der Waals surface area contributed by atoms with E-state index in [0.717, 1.165) is 40.4 Å². The van der Waals surface area contributed by atoms with Gasteiger partial charge in [-0.2, -0.15) is 0 Å². The Kier molecular flexibility index (Phi) is 7.64. The van der Waals surface area contributed by atoms with E-state index in [1.54, 1.807) is 31.4 Å². The van der Waals surface area contributed by atoms with Crippen molar-refractivity contribution < 1.29 is 19.1 Å². The largest absolute Gasteiger partial charge is 0.497 e. The average Bonchev–Trinajstić information content (AvgIpc) is 2.88. The van der Waals surface area contributed by atoms with E-state index >= 15 is 0 Å². The van der Waals surface area contributed by atoms with Gasteiger partial charge in [-0.1, -0.05) is 37.1 Å². The lowest BCUT2D eigenvalue weighted by molar-refractivity contribution is 0.0499. The fraction of sp³-hybridized carbons (Fsp3) is 0.233. The molecule has 0 aliphatic rings. The zero-order valence-corrected chi connectivity index (χ0v) is 21.1. The molecular weight excluding hydrogens is 452 g/mol. The number of carbonyl (C=O) groups is 2. The zero-order valence-electron chi connectivity index (χ0n) is 21.1. The van der Waals surface area contributed by atoms with Crippen molar-refractivity contribution in [1.82, 2.24) is 4.98 Å². The van der Waals surface area contributed by atoms with Gasteiger partial charge in [0.05, 0.1) is 36.1 Å². The third-order valence-corrected chi connectivity index (χ3v) is 5.97. The van der Waals surface area contributed by atoms with Gasteiger partial charge in [-0.25, -0.2) is 9.78 Å². The number of carbonyl (C=O) groups excluding carboxylic acids is 2. The van der Waals surface area contributed by atoms with E-state index in [1.165, 1.54) is 0 Å². The van der Waals surface area contributed by atoms with Crippen LogP contribution in [0.1, 0.15) is 51.6 Å². The molecule has 184 valence electrons. The Labute approximate surface area is 211 Å². The molecule has 0 saturated heterocycles. The SMILES string of the molecule is CCCCOC(=O)c1ccc(NC(=O)c2cc(-c3cccc(OC)c3)nc3c(C)cc(C)cc23)cc1. The fourth-order valence-electron chi connectivity index (χ4n) is 4.08. The number of unbranched alkanes of at least 4 members (excludes halogenated alkanes) is 1. The molecule has 1 aromatic heterocycles. The van der Waals surface area contributed by atoms with Crippen molar-refractivity contribution in [2.24, 2.45) is 0 Å². The molecule has 4 rings (SSSR count). The summed E-state index contributed by atoms with van der Waals surface area (Å²) in [5, 5.41) is 3.75. The van der Waals surface area contributed by atoms with E-state index in [1.807, 2.05) is 57.2 Å². The maximum absolute atomic E-state index is 13.5. The van der Waals surface area contributed by atoms with Crippen LogP contribution in [0, 0.1) is 13.8 Å². The summed E-state index contributed by atoms with van der Waals surface area (Å²) < 4.78 is 10.6. The predicted octanol–water partition coefficient (Wildman–Crippen LogP) is 6.74. The summed E-state index contributed by atoms with van der Waals surface area (Å²) in [4.78, 5) is 30.6. The monoisotopic (exact) mass is 482 g/mol. The van der Waals surface area contributed by atoms with E-state index in [-0.39, 0.29) is 11.9 Å². The second-order valence-corrected chi connectivity index (χ2v) is 8.79. The molecule has 0 fully saturated rings. The van der Waals surface area contributed by atoms with Gasteiger partial charge in [0.25, 0.3) is 5.91 Å². The van der Waals surface area contributed by atoms with Crippen LogP contribution in [-0.4, -0.2) is 30.6 Å². The molecule has 1 amide bonds. The highest BCUT2D eigenvalue weighted by atomic mass is 16.5. The number of fused-ring (bicyclic) bond motifs is 1. The first-order valence-corrected chi connectivity index (χ1v) is 12.0. The zero-order chi connectivity index (χ0) is 25.7. The van der Waals surface area contributed by atoms with Crippen LogP contribution >= 0.6 is 0 Å². The van der Waals surface area contributed by atoms with Crippen LogP contribution in [0.15, 0.2) is 66.7 Å². The Hall–Kier alpha value is -4.19. The first-order chi connectivity index (χ1) is 17.4. The number of aryl methyl sites for hydroxylation is 2. The van der Waals surface area contributed by atoms with Crippen LogP contribution < -0.4 is 10.1 Å². The molecule has 0 bridgehead atoms. The number of ether oxygens (including phenoxy) is 2. The molecule has 4 aromatic rings. The topological polar surface area (TPSA) is 77.5 Å². The second kappa shape index (κ2) is 11.0. The number of esters is 1. The first kappa shape index (κ1) is 24.9. The maximum atomic E-state index is 13.5. The first-order valence-electron chi connectivity index (χ1n) is 12.0. The molecule has 0 saturated carbocycles. The van der Waals surface area contributed by atoms with Gasteiger partial charge in [-0.3, -0.25) is 4.79 Å². The van der Waals surface area contributed by atoms with Crippen molar-refractivity contribution in [3.8, 4) is 17.0 Å². The molecule has 0 aliphatic heterocycles. The molecule has 1 N–H and O–H groups in total. The minimum atomic E-state index is -0.365. The lowest BCUT2D eigenvalue weighted by Gasteiger charge is -2.13. The average molecular weight is 483 g/mol. The number of rotatable bonds is 8. The van der Waals surface area contributed by atoms with Crippen molar-refractivity contribution in [3.05, 3.63) is 89.0 Å². The van der Waals surface area contributed by atoms with Gasteiger partial charge in [0.2, 0.25) is 0 Å². The Balaban J connectivity index is 1.67. The van der Waals surface area contributed by atoms with Crippen LogP contribution in [0.3, 0.4) is 0 Å². The Morgan fingerprint density at radius 3 is 2.47 bits per heavy atom. The summed E-state index contributed by atoms with van der Waals surface area (Å²) in [5.74, 6) is 0.0968. The molecule has 6 heteroatoms. The number of nitrogens with zero attached hydrogens (tertiary/aromatic N) is 1. The van der Waals surface area contributed by atoms with Crippen molar-refractivity contribution in [3.63, 3.8) is 0 Å². The van der Waals surface area contributed by atoms with Gasteiger partial charge < -0.3 is 14.8 Å². The van der Waals surface area contributed by atoms with Gasteiger partial charge >= 0.3 is 5.97 Å². The number of hydrogen-bond donors (Lipinski definition) is 1. The van der Waals surface area contributed by atoms with Crippen LogP contribution in [0.25, 0.3) is 22.2 Å². The van der Waals surface area contributed by atoms with E-state index in [2.05, 4.69) is 11.4 Å². The number of anilines is 1.